The second-order valence-electron chi connectivity index (χ2n) is 9.60. The normalized spacial score (nSPS) is 23.3. The van der Waals surface area contributed by atoms with Crippen LogP contribution < -0.4 is 5.73 Å². The number of nitrogens with zero attached hydrogens (tertiary/aromatic N) is 3. The van der Waals surface area contributed by atoms with Gasteiger partial charge < -0.3 is 15.7 Å². The van der Waals surface area contributed by atoms with Gasteiger partial charge in [-0.1, -0.05) is 42.0 Å². The Kier molecular flexibility index (Phi) is 8.12. The number of amidine groups is 1. The van der Waals surface area contributed by atoms with Crippen molar-refractivity contribution in [3.63, 3.8) is 0 Å². The molecule has 0 bridgehead atoms. The highest BCUT2D eigenvalue weighted by atomic mass is 16.2. The molecule has 0 radical (unpaired) electrons. The molecule has 182 valence electrons. The number of ketones is 1. The largest absolute Gasteiger partial charge is 0.396 e. The zero-order valence-electron chi connectivity index (χ0n) is 20.4. The third kappa shape index (κ3) is 5.87. The van der Waals surface area contributed by atoms with E-state index in [1.165, 1.54) is 5.56 Å². The number of aliphatic hydroxyl groups excluding tert-OH is 1. The van der Waals surface area contributed by atoms with E-state index in [1.54, 1.807) is 12.1 Å². The Balaban J connectivity index is 1.94. The third-order valence-electron chi connectivity index (χ3n) is 7.05. The van der Waals surface area contributed by atoms with Crippen LogP contribution in [-0.2, 0) is 4.79 Å². The van der Waals surface area contributed by atoms with Gasteiger partial charge in [-0.15, -0.1) is 0 Å². The Morgan fingerprint density at radius 1 is 1.06 bits per heavy atom. The minimum absolute atomic E-state index is 0.0589. The zero-order valence-corrected chi connectivity index (χ0v) is 20.4. The Morgan fingerprint density at radius 3 is 2.34 bits per heavy atom. The van der Waals surface area contributed by atoms with Gasteiger partial charge in [0, 0.05) is 37.7 Å². The predicted molar refractivity (Wildman–Crippen MR) is 139 cm³/mol. The van der Waals surface area contributed by atoms with Crippen LogP contribution in [0.2, 0.25) is 0 Å². The smallest absolute Gasteiger partial charge is 0.197 e. The fourth-order valence-corrected chi connectivity index (χ4v) is 5.00. The number of hydrogen-bond donors (Lipinski definition) is 2. The van der Waals surface area contributed by atoms with Crippen LogP contribution in [0.15, 0.2) is 53.5 Å². The molecular weight excluding hydrogens is 436 g/mol. The standard InChI is InChI=1S/C29H34N4O2/c1-20-4-8-23(9-5-20)27-22(3-2-18-34)12-13-26(35)29(33-16-14-25(31)15-17-33)32-28(27)24-10-6-21(19-30)7-11-24/h4-11,22,25,34H,2-3,12-18,31H2,1H3/b28-27+,32-29+. The van der Waals surface area contributed by atoms with Crippen LogP contribution >= 0.6 is 0 Å². The molecule has 0 amide bonds. The van der Waals surface area contributed by atoms with E-state index in [0.29, 0.717) is 30.7 Å². The van der Waals surface area contributed by atoms with Crippen LogP contribution in [0.4, 0.5) is 0 Å². The van der Waals surface area contributed by atoms with E-state index in [2.05, 4.69) is 42.2 Å². The van der Waals surface area contributed by atoms with Crippen LogP contribution in [0.1, 0.15) is 60.8 Å². The molecule has 3 N–H and O–H groups in total. The second-order valence-corrected chi connectivity index (χ2v) is 9.60. The first kappa shape index (κ1) is 24.8. The van der Waals surface area contributed by atoms with Crippen LogP contribution in [0, 0.1) is 24.2 Å². The van der Waals surface area contributed by atoms with E-state index in [1.807, 2.05) is 12.1 Å². The highest BCUT2D eigenvalue weighted by Crippen LogP contribution is 2.40. The molecule has 6 nitrogen and oxygen atoms in total. The number of rotatable bonds is 5. The number of carbonyl (C=O) groups is 1. The number of nitriles is 1. The van der Waals surface area contributed by atoms with Gasteiger partial charge in [0.15, 0.2) is 11.6 Å². The minimum Gasteiger partial charge on any atom is -0.396 e. The van der Waals surface area contributed by atoms with E-state index in [9.17, 15) is 15.2 Å². The number of carbonyl (C=O) groups excluding carboxylic acids is 1. The summed E-state index contributed by atoms with van der Waals surface area (Å²) in [4.78, 5) is 20.6. The first-order valence-electron chi connectivity index (χ1n) is 12.5. The van der Waals surface area contributed by atoms with Crippen molar-refractivity contribution in [2.45, 2.75) is 51.5 Å². The molecule has 0 aliphatic carbocycles. The van der Waals surface area contributed by atoms with Gasteiger partial charge >= 0.3 is 0 Å². The zero-order chi connectivity index (χ0) is 24.8. The van der Waals surface area contributed by atoms with Crippen LogP contribution in [0.3, 0.4) is 0 Å². The molecule has 2 heterocycles. The van der Waals surface area contributed by atoms with Gasteiger partial charge in [0.1, 0.15) is 0 Å². The topological polar surface area (TPSA) is 103 Å². The predicted octanol–water partition coefficient (Wildman–Crippen LogP) is 4.31. The van der Waals surface area contributed by atoms with E-state index in [4.69, 9.17) is 10.7 Å². The van der Waals surface area contributed by atoms with Crippen LogP contribution in [-0.4, -0.2) is 47.4 Å². The van der Waals surface area contributed by atoms with Crippen molar-refractivity contribution in [3.05, 3.63) is 70.8 Å². The number of Topliss-reactive ketones (excluding diaryl/α,β-unsaturated/α-hetero) is 1. The molecule has 35 heavy (non-hydrogen) atoms. The summed E-state index contributed by atoms with van der Waals surface area (Å²) in [5.74, 6) is 0.657. The SMILES string of the molecule is Cc1ccc(/C2=C(c3ccc(C#N)cc3)/N=C(/N3CCC(N)CC3)C(=O)CCC2CCCO)cc1. The second kappa shape index (κ2) is 11.4. The molecule has 6 heteroatoms. The average Bonchev–Trinajstić information content (AvgIpc) is 2.88. The summed E-state index contributed by atoms with van der Waals surface area (Å²) in [6.45, 7) is 3.62. The highest BCUT2D eigenvalue weighted by molar-refractivity contribution is 6.40. The first-order valence-corrected chi connectivity index (χ1v) is 12.5. The maximum atomic E-state index is 13.4. The van der Waals surface area contributed by atoms with Crippen LogP contribution in [0.5, 0.6) is 0 Å². The molecule has 1 fully saturated rings. The molecule has 1 saturated heterocycles. The van der Waals surface area contributed by atoms with Crippen molar-refractivity contribution in [1.29, 1.82) is 5.26 Å². The average molecular weight is 471 g/mol. The maximum absolute atomic E-state index is 13.4. The van der Waals surface area contributed by atoms with Gasteiger partial charge in [-0.2, -0.15) is 5.26 Å². The summed E-state index contributed by atoms with van der Waals surface area (Å²) >= 11 is 0. The van der Waals surface area contributed by atoms with Gasteiger partial charge in [0.25, 0.3) is 0 Å². The summed E-state index contributed by atoms with van der Waals surface area (Å²) in [6.07, 6.45) is 4.24. The van der Waals surface area contributed by atoms with Gasteiger partial charge in [-0.05, 0) is 68.2 Å². The highest BCUT2D eigenvalue weighted by Gasteiger charge is 2.30. The van der Waals surface area contributed by atoms with E-state index in [0.717, 1.165) is 54.7 Å². The van der Waals surface area contributed by atoms with Gasteiger partial charge in [-0.3, -0.25) is 4.79 Å². The van der Waals surface area contributed by atoms with Gasteiger partial charge in [0.05, 0.1) is 17.3 Å². The molecule has 1 unspecified atom stereocenters. The van der Waals surface area contributed by atoms with E-state index >= 15 is 0 Å². The number of nitrogens with two attached hydrogens (primary N) is 1. The molecule has 0 spiro atoms. The fraction of sp³-hybridized carbons (Fsp3) is 0.414. The number of likely N-dealkylation sites (tertiary alicyclic amines) is 1. The Morgan fingerprint density at radius 2 is 1.71 bits per heavy atom. The number of aryl methyl sites for hydroxylation is 1. The summed E-state index contributed by atoms with van der Waals surface area (Å²) in [7, 11) is 0. The Bertz CT molecular complexity index is 1130. The summed E-state index contributed by atoms with van der Waals surface area (Å²) in [6, 6.07) is 18.2. The molecule has 2 aliphatic heterocycles. The number of allylic oxidation sites excluding steroid dienone is 1. The summed E-state index contributed by atoms with van der Waals surface area (Å²) in [5, 5.41) is 18.9. The van der Waals surface area contributed by atoms with E-state index < -0.39 is 0 Å². The lowest BCUT2D eigenvalue weighted by Crippen LogP contribution is -2.46. The lowest BCUT2D eigenvalue weighted by Gasteiger charge is -2.34. The van der Waals surface area contributed by atoms with Crippen molar-refractivity contribution in [1.82, 2.24) is 4.90 Å². The van der Waals surface area contributed by atoms with E-state index in [-0.39, 0.29) is 24.3 Å². The first-order chi connectivity index (χ1) is 17.0. The number of benzene rings is 2. The van der Waals surface area contributed by atoms with Gasteiger partial charge in [-0.25, -0.2) is 4.99 Å². The summed E-state index contributed by atoms with van der Waals surface area (Å²) in [5.41, 5.74) is 11.7. The molecule has 4 rings (SSSR count). The number of aliphatic hydroxyl groups is 1. The monoisotopic (exact) mass is 470 g/mol. The van der Waals surface area contributed by atoms with Crippen molar-refractivity contribution < 1.29 is 9.90 Å². The maximum Gasteiger partial charge on any atom is 0.197 e. The lowest BCUT2D eigenvalue weighted by atomic mass is 9.81. The number of piperidine rings is 1. The molecule has 0 aromatic heterocycles. The van der Waals surface area contributed by atoms with Crippen molar-refractivity contribution in [3.8, 4) is 6.07 Å². The van der Waals surface area contributed by atoms with Crippen LogP contribution in [0.25, 0.3) is 11.3 Å². The summed E-state index contributed by atoms with van der Waals surface area (Å²) < 4.78 is 0. The molecule has 0 saturated carbocycles. The van der Waals surface area contributed by atoms with Gasteiger partial charge in [0.2, 0.25) is 0 Å². The fourth-order valence-electron chi connectivity index (χ4n) is 5.00. The molecule has 2 aromatic rings. The Hall–Kier alpha value is -3.27. The van der Waals surface area contributed by atoms with Crippen molar-refractivity contribution in [2.75, 3.05) is 19.7 Å². The lowest BCUT2D eigenvalue weighted by molar-refractivity contribution is -0.114. The molecule has 2 aliphatic rings. The number of aliphatic imine (C=N–C) groups is 1. The minimum atomic E-state index is 0.0589. The number of hydrogen-bond acceptors (Lipinski definition) is 6. The Labute approximate surface area is 207 Å². The third-order valence-corrected chi connectivity index (χ3v) is 7.05. The molecular formula is C29H34N4O2. The molecule has 2 aromatic carbocycles. The van der Waals surface area contributed by atoms with Crippen molar-refractivity contribution in [2.24, 2.45) is 16.6 Å². The van der Waals surface area contributed by atoms with Crippen molar-refractivity contribution >= 4 is 22.9 Å². The molecule has 1 atom stereocenters. The quantitative estimate of drug-likeness (QED) is 0.678.